The number of carboxylic acids is 1. The Balaban J connectivity index is 1.95. The van der Waals surface area contributed by atoms with Crippen molar-refractivity contribution < 1.29 is 19.5 Å². The lowest BCUT2D eigenvalue weighted by Gasteiger charge is -2.36. The highest BCUT2D eigenvalue weighted by molar-refractivity contribution is 5.96. The normalized spacial score (nSPS) is 14.6. The van der Waals surface area contributed by atoms with Crippen LogP contribution < -0.4 is 11.1 Å². The second-order valence-electron chi connectivity index (χ2n) is 4.32. The Labute approximate surface area is 109 Å². The van der Waals surface area contributed by atoms with Gasteiger partial charge in [0.15, 0.2) is 0 Å². The third-order valence-corrected chi connectivity index (χ3v) is 2.92. The maximum atomic E-state index is 11.7. The summed E-state index contributed by atoms with van der Waals surface area (Å²) < 4.78 is 0. The van der Waals surface area contributed by atoms with Crippen molar-refractivity contribution in [1.82, 2.24) is 4.90 Å². The molecule has 0 aromatic heterocycles. The van der Waals surface area contributed by atoms with E-state index in [1.807, 2.05) is 0 Å². The lowest BCUT2D eigenvalue weighted by atomic mass is 10.0. The average Bonchev–Trinajstić information content (AvgIpc) is 2.26. The number of aliphatic carboxylic acids is 1. The fraction of sp³-hybridized carbons (Fsp3) is 0.250. The first-order valence-corrected chi connectivity index (χ1v) is 5.66. The van der Waals surface area contributed by atoms with Crippen molar-refractivity contribution in [1.29, 1.82) is 0 Å². The number of carbonyl (C=O) groups is 3. The van der Waals surface area contributed by atoms with Gasteiger partial charge in [0.2, 0.25) is 5.91 Å². The van der Waals surface area contributed by atoms with Crippen molar-refractivity contribution in [3.8, 4) is 0 Å². The Hall–Kier alpha value is -2.57. The number of likely N-dealkylation sites (tertiary alicyclic amines) is 1. The molecule has 19 heavy (non-hydrogen) atoms. The van der Waals surface area contributed by atoms with E-state index in [1.165, 1.54) is 11.0 Å². The molecule has 2 rings (SSSR count). The summed E-state index contributed by atoms with van der Waals surface area (Å²) in [6, 6.07) is 5.85. The van der Waals surface area contributed by atoms with Gasteiger partial charge in [-0.15, -0.1) is 0 Å². The molecule has 100 valence electrons. The smallest absolute Gasteiger partial charge is 0.321 e. The number of benzene rings is 1. The Kier molecular flexibility index (Phi) is 3.37. The summed E-state index contributed by atoms with van der Waals surface area (Å²) in [6.45, 7) is 0.382. The highest BCUT2D eigenvalue weighted by Gasteiger charge is 2.35. The minimum atomic E-state index is -0.903. The van der Waals surface area contributed by atoms with E-state index in [4.69, 9.17) is 10.8 Å². The first kappa shape index (κ1) is 12.9. The van der Waals surface area contributed by atoms with Gasteiger partial charge in [-0.1, -0.05) is 6.07 Å². The number of anilines is 1. The lowest BCUT2D eigenvalue weighted by Crippen LogP contribution is -2.54. The van der Waals surface area contributed by atoms with E-state index in [0.29, 0.717) is 11.3 Å². The van der Waals surface area contributed by atoms with Crippen LogP contribution in [0.2, 0.25) is 0 Å². The van der Waals surface area contributed by atoms with Crippen LogP contribution in [0.1, 0.15) is 10.4 Å². The fourth-order valence-electron chi connectivity index (χ4n) is 1.75. The number of nitrogens with two attached hydrogens (primary N) is 1. The topological polar surface area (TPSA) is 113 Å². The second kappa shape index (κ2) is 4.97. The number of nitrogens with zero attached hydrogens (tertiary/aromatic N) is 1. The number of amides is 3. The lowest BCUT2D eigenvalue weighted by molar-refractivity contribution is -0.145. The van der Waals surface area contributed by atoms with Gasteiger partial charge >= 0.3 is 12.0 Å². The van der Waals surface area contributed by atoms with Gasteiger partial charge in [0.1, 0.15) is 0 Å². The first-order valence-electron chi connectivity index (χ1n) is 5.66. The zero-order valence-electron chi connectivity index (χ0n) is 10.00. The number of carbonyl (C=O) groups excluding carboxylic acids is 2. The summed E-state index contributed by atoms with van der Waals surface area (Å²) in [6.07, 6.45) is 0. The van der Waals surface area contributed by atoms with Crippen LogP contribution in [-0.4, -0.2) is 41.0 Å². The Morgan fingerprint density at radius 1 is 1.32 bits per heavy atom. The molecule has 1 aromatic carbocycles. The molecule has 1 aliphatic heterocycles. The van der Waals surface area contributed by atoms with E-state index in [9.17, 15) is 14.4 Å². The first-order chi connectivity index (χ1) is 8.97. The zero-order valence-corrected chi connectivity index (χ0v) is 10.00. The monoisotopic (exact) mass is 263 g/mol. The molecule has 0 saturated carbocycles. The highest BCUT2D eigenvalue weighted by atomic mass is 16.4. The largest absolute Gasteiger partial charge is 0.481 e. The van der Waals surface area contributed by atoms with Gasteiger partial charge in [-0.2, -0.15) is 0 Å². The molecule has 1 heterocycles. The summed E-state index contributed by atoms with van der Waals surface area (Å²) in [5.41, 5.74) is 5.88. The standard InChI is InChI=1S/C12H13N3O4/c13-10(16)7-2-1-3-9(4-7)14-12(19)15-5-8(6-15)11(17)18/h1-4,8H,5-6H2,(H2,13,16)(H,14,19)(H,17,18). The Morgan fingerprint density at radius 3 is 2.58 bits per heavy atom. The van der Waals surface area contributed by atoms with Crippen LogP contribution in [-0.2, 0) is 4.79 Å². The van der Waals surface area contributed by atoms with Gasteiger partial charge in [-0.3, -0.25) is 9.59 Å². The van der Waals surface area contributed by atoms with Crippen molar-refractivity contribution in [3.05, 3.63) is 29.8 Å². The van der Waals surface area contributed by atoms with Crippen molar-refractivity contribution >= 4 is 23.6 Å². The molecule has 1 saturated heterocycles. The molecule has 1 aliphatic rings. The number of rotatable bonds is 3. The molecule has 0 bridgehead atoms. The average molecular weight is 263 g/mol. The SMILES string of the molecule is NC(=O)c1cccc(NC(=O)N2CC(C(=O)O)C2)c1. The molecule has 0 aliphatic carbocycles. The van der Waals surface area contributed by atoms with E-state index in [0.717, 1.165) is 0 Å². The second-order valence-corrected chi connectivity index (χ2v) is 4.32. The summed E-state index contributed by atoms with van der Waals surface area (Å²) in [7, 11) is 0. The molecule has 0 unspecified atom stereocenters. The zero-order chi connectivity index (χ0) is 14.0. The van der Waals surface area contributed by atoms with E-state index in [1.54, 1.807) is 18.2 Å². The van der Waals surface area contributed by atoms with Crippen LogP contribution in [0.3, 0.4) is 0 Å². The predicted octanol–water partition coefficient (Wildman–Crippen LogP) is 0.334. The van der Waals surface area contributed by atoms with Gasteiger partial charge in [-0.25, -0.2) is 4.79 Å². The molecule has 1 aromatic rings. The minimum Gasteiger partial charge on any atom is -0.481 e. The summed E-state index contributed by atoms with van der Waals surface area (Å²) in [5.74, 6) is -1.98. The van der Waals surface area contributed by atoms with Crippen LogP contribution in [0.25, 0.3) is 0 Å². The molecule has 4 N–H and O–H groups in total. The molecular weight excluding hydrogens is 250 g/mol. The number of hydrogen-bond acceptors (Lipinski definition) is 3. The third-order valence-electron chi connectivity index (χ3n) is 2.92. The maximum Gasteiger partial charge on any atom is 0.321 e. The maximum absolute atomic E-state index is 11.7. The molecule has 1 fully saturated rings. The molecule has 0 radical (unpaired) electrons. The fourth-order valence-corrected chi connectivity index (χ4v) is 1.75. The molecule has 7 heteroatoms. The van der Waals surface area contributed by atoms with E-state index < -0.39 is 17.8 Å². The number of carboxylic acid groups (broad SMARTS) is 1. The van der Waals surface area contributed by atoms with Crippen molar-refractivity contribution in [2.24, 2.45) is 11.7 Å². The molecule has 0 spiro atoms. The van der Waals surface area contributed by atoms with Gasteiger partial charge in [0, 0.05) is 24.3 Å². The van der Waals surface area contributed by atoms with Crippen molar-refractivity contribution in [3.63, 3.8) is 0 Å². The van der Waals surface area contributed by atoms with Gasteiger partial charge in [0.25, 0.3) is 0 Å². The summed E-state index contributed by atoms with van der Waals surface area (Å²) in [5, 5.41) is 11.3. The molecule has 0 atom stereocenters. The molecule has 3 amide bonds. The van der Waals surface area contributed by atoms with Gasteiger partial charge < -0.3 is 21.1 Å². The minimum absolute atomic E-state index is 0.191. The number of urea groups is 1. The van der Waals surface area contributed by atoms with E-state index in [2.05, 4.69) is 5.32 Å². The Bertz CT molecular complexity index is 538. The summed E-state index contributed by atoms with van der Waals surface area (Å²) in [4.78, 5) is 34.7. The molecule has 7 nitrogen and oxygen atoms in total. The highest BCUT2D eigenvalue weighted by Crippen LogP contribution is 2.18. The van der Waals surface area contributed by atoms with E-state index >= 15 is 0 Å². The summed E-state index contributed by atoms with van der Waals surface area (Å²) >= 11 is 0. The van der Waals surface area contributed by atoms with Crippen molar-refractivity contribution in [2.75, 3.05) is 18.4 Å². The van der Waals surface area contributed by atoms with Crippen LogP contribution in [0.4, 0.5) is 10.5 Å². The van der Waals surface area contributed by atoms with Crippen LogP contribution in [0, 0.1) is 5.92 Å². The Morgan fingerprint density at radius 2 is 2.00 bits per heavy atom. The van der Waals surface area contributed by atoms with Crippen LogP contribution >= 0.6 is 0 Å². The van der Waals surface area contributed by atoms with Gasteiger partial charge in [-0.05, 0) is 18.2 Å². The third kappa shape index (κ3) is 2.82. The number of primary amides is 1. The predicted molar refractivity (Wildman–Crippen MR) is 66.7 cm³/mol. The van der Waals surface area contributed by atoms with E-state index in [-0.39, 0.29) is 19.1 Å². The van der Waals surface area contributed by atoms with Gasteiger partial charge in [0.05, 0.1) is 5.92 Å². The van der Waals surface area contributed by atoms with Crippen molar-refractivity contribution in [2.45, 2.75) is 0 Å². The van der Waals surface area contributed by atoms with Crippen LogP contribution in [0.15, 0.2) is 24.3 Å². The quantitative estimate of drug-likeness (QED) is 0.729. The van der Waals surface area contributed by atoms with Crippen LogP contribution in [0.5, 0.6) is 0 Å². The molecular formula is C12H13N3O4. The number of nitrogens with one attached hydrogen (secondary N) is 1. The number of hydrogen-bond donors (Lipinski definition) is 3.